The molecule has 0 aliphatic rings. The molecule has 1 N–H and O–H groups in total. The van der Waals surface area contributed by atoms with Crippen molar-refractivity contribution in [2.75, 3.05) is 11.1 Å². The minimum atomic E-state index is -0.0685. The Morgan fingerprint density at radius 2 is 2.08 bits per heavy atom. The van der Waals surface area contributed by atoms with Crippen LogP contribution in [0.3, 0.4) is 0 Å². The molecule has 0 fully saturated rings. The first-order chi connectivity index (χ1) is 12.6. The predicted molar refractivity (Wildman–Crippen MR) is 104 cm³/mol. The molecule has 0 aliphatic carbocycles. The summed E-state index contributed by atoms with van der Waals surface area (Å²) < 4.78 is 1.86. The average molecular weight is 365 g/mol. The van der Waals surface area contributed by atoms with Gasteiger partial charge in [-0.3, -0.25) is 4.79 Å². The van der Waals surface area contributed by atoms with Gasteiger partial charge in [0.2, 0.25) is 5.91 Å². The SMILES string of the molecule is CC(C)n1ncc2cc(NC(=O)CSCc3ccc(C#N)cc3)cnc21. The Morgan fingerprint density at radius 1 is 1.31 bits per heavy atom. The van der Waals surface area contributed by atoms with Crippen LogP contribution in [0.5, 0.6) is 0 Å². The highest BCUT2D eigenvalue weighted by atomic mass is 32.2. The summed E-state index contributed by atoms with van der Waals surface area (Å²) in [5.41, 5.74) is 3.21. The van der Waals surface area contributed by atoms with Crippen molar-refractivity contribution in [1.82, 2.24) is 14.8 Å². The van der Waals surface area contributed by atoms with Gasteiger partial charge in [0.15, 0.2) is 5.65 Å². The first-order valence-electron chi connectivity index (χ1n) is 8.26. The molecule has 3 aromatic rings. The Bertz CT molecular complexity index is 956. The van der Waals surface area contributed by atoms with E-state index in [0.29, 0.717) is 17.0 Å². The van der Waals surface area contributed by atoms with Crippen LogP contribution in [0.1, 0.15) is 31.0 Å². The Hall–Kier alpha value is -2.85. The van der Waals surface area contributed by atoms with Crippen LogP contribution in [-0.4, -0.2) is 26.4 Å². The van der Waals surface area contributed by atoms with Crippen LogP contribution >= 0.6 is 11.8 Å². The van der Waals surface area contributed by atoms with Gasteiger partial charge in [0.1, 0.15) is 0 Å². The van der Waals surface area contributed by atoms with Gasteiger partial charge in [-0.1, -0.05) is 12.1 Å². The molecule has 0 aliphatic heterocycles. The summed E-state index contributed by atoms with van der Waals surface area (Å²) in [6.07, 6.45) is 3.42. The third kappa shape index (κ3) is 4.21. The highest BCUT2D eigenvalue weighted by Gasteiger charge is 2.09. The van der Waals surface area contributed by atoms with Crippen LogP contribution in [-0.2, 0) is 10.5 Å². The number of pyridine rings is 1. The predicted octanol–water partition coefficient (Wildman–Crippen LogP) is 3.76. The first kappa shape index (κ1) is 18.0. The van der Waals surface area contributed by atoms with Gasteiger partial charge in [0, 0.05) is 17.2 Å². The Kier molecular flexibility index (Phi) is 5.54. The van der Waals surface area contributed by atoms with Crippen LogP contribution in [0.2, 0.25) is 0 Å². The van der Waals surface area contributed by atoms with Gasteiger partial charge in [-0.05, 0) is 37.6 Å². The molecule has 2 heterocycles. The van der Waals surface area contributed by atoms with Crippen LogP contribution in [0.15, 0.2) is 42.7 Å². The van der Waals surface area contributed by atoms with Gasteiger partial charge >= 0.3 is 0 Å². The van der Waals surface area contributed by atoms with Crippen molar-refractivity contribution in [2.24, 2.45) is 0 Å². The topological polar surface area (TPSA) is 83.6 Å². The molecule has 1 amide bonds. The minimum Gasteiger partial charge on any atom is -0.324 e. The zero-order valence-electron chi connectivity index (χ0n) is 14.6. The van der Waals surface area contributed by atoms with E-state index in [9.17, 15) is 4.79 Å². The number of benzene rings is 1. The number of amides is 1. The summed E-state index contributed by atoms with van der Waals surface area (Å²) in [4.78, 5) is 16.5. The fourth-order valence-corrected chi connectivity index (χ4v) is 3.31. The molecule has 7 heteroatoms. The highest BCUT2D eigenvalue weighted by molar-refractivity contribution is 7.99. The molecule has 0 saturated carbocycles. The van der Waals surface area contributed by atoms with Crippen molar-refractivity contribution in [2.45, 2.75) is 25.6 Å². The van der Waals surface area contributed by atoms with Gasteiger partial charge in [-0.2, -0.15) is 10.4 Å². The fraction of sp³-hybridized carbons (Fsp3) is 0.263. The Labute approximate surface area is 156 Å². The van der Waals surface area contributed by atoms with E-state index in [4.69, 9.17) is 5.26 Å². The van der Waals surface area contributed by atoms with Gasteiger partial charge in [0.25, 0.3) is 0 Å². The third-order valence-electron chi connectivity index (χ3n) is 3.79. The fourth-order valence-electron chi connectivity index (χ4n) is 2.52. The van der Waals surface area contributed by atoms with Gasteiger partial charge in [-0.25, -0.2) is 9.67 Å². The van der Waals surface area contributed by atoms with Crippen LogP contribution in [0.25, 0.3) is 11.0 Å². The molecule has 0 radical (unpaired) electrons. The third-order valence-corrected chi connectivity index (χ3v) is 4.79. The maximum absolute atomic E-state index is 12.1. The van der Waals surface area contributed by atoms with E-state index >= 15 is 0 Å². The van der Waals surface area contributed by atoms with E-state index in [2.05, 4.69) is 35.3 Å². The van der Waals surface area contributed by atoms with Crippen LogP contribution < -0.4 is 5.32 Å². The normalized spacial score (nSPS) is 10.8. The maximum atomic E-state index is 12.1. The molecular weight excluding hydrogens is 346 g/mol. The molecular formula is C19H19N5OS. The number of hydrogen-bond donors (Lipinski definition) is 1. The molecule has 0 atom stereocenters. The number of hydrogen-bond acceptors (Lipinski definition) is 5. The second kappa shape index (κ2) is 8.02. The van der Waals surface area contributed by atoms with E-state index < -0.39 is 0 Å². The molecule has 3 rings (SSSR count). The van der Waals surface area contributed by atoms with Crippen molar-refractivity contribution < 1.29 is 4.79 Å². The molecule has 0 unspecified atom stereocenters. The lowest BCUT2D eigenvalue weighted by molar-refractivity contribution is -0.113. The van der Waals surface area contributed by atoms with E-state index in [1.165, 1.54) is 11.8 Å². The van der Waals surface area contributed by atoms with Crippen LogP contribution in [0.4, 0.5) is 5.69 Å². The summed E-state index contributed by atoms with van der Waals surface area (Å²) in [5, 5.41) is 16.9. The number of fused-ring (bicyclic) bond motifs is 1. The Morgan fingerprint density at radius 3 is 2.77 bits per heavy atom. The second-order valence-electron chi connectivity index (χ2n) is 6.17. The van der Waals surface area contributed by atoms with Crippen molar-refractivity contribution in [3.63, 3.8) is 0 Å². The maximum Gasteiger partial charge on any atom is 0.234 e. The molecule has 2 aromatic heterocycles. The van der Waals surface area contributed by atoms with Crippen molar-refractivity contribution in [3.05, 3.63) is 53.9 Å². The smallest absolute Gasteiger partial charge is 0.234 e. The quantitative estimate of drug-likeness (QED) is 0.719. The molecule has 1 aromatic carbocycles. The highest BCUT2D eigenvalue weighted by Crippen LogP contribution is 2.19. The number of nitrogens with one attached hydrogen (secondary N) is 1. The van der Waals surface area contributed by atoms with Crippen LogP contribution in [0, 0.1) is 11.3 Å². The standard InChI is InChI=1S/C19H19N5OS/c1-13(2)24-19-16(9-22-24)7-17(10-21-19)23-18(25)12-26-11-15-5-3-14(8-20)4-6-15/h3-7,9-10,13H,11-12H2,1-2H3,(H,23,25). The number of rotatable bonds is 6. The molecule has 0 saturated heterocycles. The molecule has 132 valence electrons. The second-order valence-corrected chi connectivity index (χ2v) is 7.16. The number of carbonyl (C=O) groups is 1. The van der Waals surface area contributed by atoms with Gasteiger partial charge in [-0.15, -0.1) is 11.8 Å². The lowest BCUT2D eigenvalue weighted by Gasteiger charge is -2.08. The molecule has 6 nitrogen and oxygen atoms in total. The van der Waals surface area contributed by atoms with E-state index in [-0.39, 0.29) is 11.9 Å². The molecule has 0 spiro atoms. The van der Waals surface area contributed by atoms with Crippen molar-refractivity contribution >= 4 is 34.4 Å². The van der Waals surface area contributed by atoms with Crippen molar-refractivity contribution in [1.29, 1.82) is 5.26 Å². The van der Waals surface area contributed by atoms with Gasteiger partial charge < -0.3 is 5.32 Å². The number of aromatic nitrogens is 3. The minimum absolute atomic E-state index is 0.0685. The number of thioether (sulfide) groups is 1. The lowest BCUT2D eigenvalue weighted by atomic mass is 10.2. The number of nitriles is 1. The number of carbonyl (C=O) groups excluding carboxylic acids is 1. The summed E-state index contributed by atoms with van der Waals surface area (Å²) in [6, 6.07) is 11.6. The summed E-state index contributed by atoms with van der Waals surface area (Å²) in [6.45, 7) is 4.10. The summed E-state index contributed by atoms with van der Waals surface area (Å²) in [5.74, 6) is 1.00. The van der Waals surface area contributed by atoms with Gasteiger partial charge in [0.05, 0.1) is 35.5 Å². The summed E-state index contributed by atoms with van der Waals surface area (Å²) in [7, 11) is 0. The zero-order chi connectivity index (χ0) is 18.5. The number of anilines is 1. The van der Waals surface area contributed by atoms with Crippen molar-refractivity contribution in [3.8, 4) is 6.07 Å². The zero-order valence-corrected chi connectivity index (χ0v) is 15.5. The number of nitrogens with zero attached hydrogens (tertiary/aromatic N) is 4. The van der Waals surface area contributed by atoms with E-state index in [1.54, 1.807) is 24.5 Å². The van der Waals surface area contributed by atoms with E-state index in [1.807, 2.05) is 22.9 Å². The van der Waals surface area contributed by atoms with E-state index in [0.717, 1.165) is 22.3 Å². The largest absolute Gasteiger partial charge is 0.324 e. The molecule has 0 bridgehead atoms. The lowest BCUT2D eigenvalue weighted by Crippen LogP contribution is -2.14. The molecule has 26 heavy (non-hydrogen) atoms. The summed E-state index contributed by atoms with van der Waals surface area (Å²) >= 11 is 1.53. The Balaban J connectivity index is 1.54. The first-order valence-corrected chi connectivity index (χ1v) is 9.42. The monoisotopic (exact) mass is 365 g/mol. The average Bonchev–Trinajstić information content (AvgIpc) is 3.06.